The van der Waals surface area contributed by atoms with Gasteiger partial charge in [0, 0.05) is 18.4 Å². The van der Waals surface area contributed by atoms with E-state index in [0.29, 0.717) is 0 Å². The van der Waals surface area contributed by atoms with E-state index in [-0.39, 0.29) is 24.1 Å². The first-order chi connectivity index (χ1) is 9.15. The summed E-state index contributed by atoms with van der Waals surface area (Å²) >= 11 is 0. The summed E-state index contributed by atoms with van der Waals surface area (Å²) in [6, 6.07) is 1.78. The Labute approximate surface area is 112 Å². The molecule has 1 saturated carbocycles. The van der Waals surface area contributed by atoms with Gasteiger partial charge in [-0.15, -0.1) is 0 Å². The van der Waals surface area contributed by atoms with E-state index >= 15 is 0 Å². The first kappa shape index (κ1) is 13.6. The molecule has 0 aliphatic heterocycles. The third-order valence-corrected chi connectivity index (χ3v) is 3.54. The van der Waals surface area contributed by atoms with Crippen LogP contribution < -0.4 is 5.32 Å². The fourth-order valence-electron chi connectivity index (χ4n) is 2.53. The number of hydrogen-bond acceptors (Lipinski definition) is 2. The van der Waals surface area contributed by atoms with Crippen LogP contribution in [0.5, 0.6) is 0 Å². The zero-order valence-electron chi connectivity index (χ0n) is 11.0. The first-order valence-corrected chi connectivity index (χ1v) is 6.83. The second-order valence-corrected chi connectivity index (χ2v) is 5.13. The maximum Gasteiger partial charge on any atom is 0.337 e. The molecule has 1 amide bonds. The number of carbonyl (C=O) groups excluding carboxylic acids is 1. The number of nitrogens with zero attached hydrogens (tertiary/aromatic N) is 1. The number of rotatable bonds is 4. The molecule has 1 aliphatic carbocycles. The van der Waals surface area contributed by atoms with Crippen molar-refractivity contribution >= 4 is 11.9 Å². The summed E-state index contributed by atoms with van der Waals surface area (Å²) in [4.78, 5) is 22.6. The van der Waals surface area contributed by atoms with Gasteiger partial charge in [-0.25, -0.2) is 4.79 Å². The van der Waals surface area contributed by atoms with Crippen LogP contribution in [0.1, 0.15) is 48.9 Å². The highest BCUT2D eigenvalue weighted by molar-refractivity contribution is 5.87. The van der Waals surface area contributed by atoms with Crippen LogP contribution in [0.25, 0.3) is 0 Å². The molecule has 1 fully saturated rings. The van der Waals surface area contributed by atoms with Crippen molar-refractivity contribution < 1.29 is 14.7 Å². The van der Waals surface area contributed by atoms with E-state index in [0.717, 1.165) is 12.8 Å². The van der Waals surface area contributed by atoms with E-state index in [4.69, 9.17) is 5.11 Å². The lowest BCUT2D eigenvalue weighted by Crippen LogP contribution is -2.36. The molecular formula is C14H20N2O3. The maximum absolute atomic E-state index is 11.9. The van der Waals surface area contributed by atoms with Crippen molar-refractivity contribution in [2.24, 2.45) is 0 Å². The summed E-state index contributed by atoms with van der Waals surface area (Å²) in [7, 11) is 0. The Hall–Kier alpha value is -1.78. The van der Waals surface area contributed by atoms with E-state index < -0.39 is 5.97 Å². The van der Waals surface area contributed by atoms with Crippen LogP contribution in [0, 0.1) is 0 Å². The number of carboxylic acid groups (broad SMARTS) is 1. The summed E-state index contributed by atoms with van der Waals surface area (Å²) in [6.07, 6.45) is 10.1. The van der Waals surface area contributed by atoms with Gasteiger partial charge in [0.1, 0.15) is 6.54 Å². The fourth-order valence-corrected chi connectivity index (χ4v) is 2.53. The third kappa shape index (κ3) is 4.12. The SMILES string of the molecule is O=C(Cn1ccc(C(=O)O)c1)NC1CCCCCC1. The van der Waals surface area contributed by atoms with E-state index in [1.54, 1.807) is 10.8 Å². The van der Waals surface area contributed by atoms with Crippen molar-refractivity contribution in [1.82, 2.24) is 9.88 Å². The fraction of sp³-hybridized carbons (Fsp3) is 0.571. The minimum Gasteiger partial charge on any atom is -0.478 e. The molecule has 0 unspecified atom stereocenters. The highest BCUT2D eigenvalue weighted by Gasteiger charge is 2.15. The van der Waals surface area contributed by atoms with E-state index in [9.17, 15) is 9.59 Å². The number of aromatic carboxylic acids is 1. The summed E-state index contributed by atoms with van der Waals surface area (Å²) in [6.45, 7) is 0.184. The Morgan fingerprint density at radius 3 is 2.53 bits per heavy atom. The lowest BCUT2D eigenvalue weighted by Gasteiger charge is -2.16. The van der Waals surface area contributed by atoms with E-state index in [2.05, 4.69) is 5.32 Å². The average Bonchev–Trinajstić information content (AvgIpc) is 2.67. The number of hydrogen-bond donors (Lipinski definition) is 2. The molecule has 2 N–H and O–H groups in total. The van der Waals surface area contributed by atoms with Gasteiger partial charge in [-0.2, -0.15) is 0 Å². The summed E-state index contributed by atoms with van der Waals surface area (Å²) in [5.74, 6) is -1.01. The normalized spacial score (nSPS) is 16.8. The molecule has 1 aliphatic rings. The zero-order valence-corrected chi connectivity index (χ0v) is 11.0. The van der Waals surface area contributed by atoms with Gasteiger partial charge < -0.3 is 15.0 Å². The monoisotopic (exact) mass is 264 g/mol. The van der Waals surface area contributed by atoms with Gasteiger partial charge in [-0.3, -0.25) is 4.79 Å². The van der Waals surface area contributed by atoms with Crippen LogP contribution in [-0.4, -0.2) is 27.6 Å². The molecule has 0 atom stereocenters. The number of amides is 1. The Morgan fingerprint density at radius 2 is 1.95 bits per heavy atom. The molecule has 5 heteroatoms. The van der Waals surface area contributed by atoms with Crippen molar-refractivity contribution in [2.45, 2.75) is 51.1 Å². The van der Waals surface area contributed by atoms with Gasteiger partial charge in [0.05, 0.1) is 5.56 Å². The average molecular weight is 264 g/mol. The standard InChI is InChI=1S/C14H20N2O3/c17-13(15-12-5-3-1-2-4-6-12)10-16-8-7-11(9-16)14(18)19/h7-9,12H,1-6,10H2,(H,15,17)(H,18,19). The Balaban J connectivity index is 1.84. The topological polar surface area (TPSA) is 71.3 Å². The minimum absolute atomic E-state index is 0.0422. The molecule has 0 saturated heterocycles. The van der Waals surface area contributed by atoms with Crippen molar-refractivity contribution in [3.63, 3.8) is 0 Å². The van der Waals surface area contributed by atoms with E-state index in [1.807, 2.05) is 0 Å². The number of carboxylic acids is 1. The predicted molar refractivity (Wildman–Crippen MR) is 71.0 cm³/mol. The van der Waals surface area contributed by atoms with Crippen LogP contribution in [0.3, 0.4) is 0 Å². The van der Waals surface area contributed by atoms with Crippen LogP contribution in [0.4, 0.5) is 0 Å². The number of carbonyl (C=O) groups is 2. The molecule has 1 aromatic heterocycles. The van der Waals surface area contributed by atoms with Crippen LogP contribution in [-0.2, 0) is 11.3 Å². The van der Waals surface area contributed by atoms with Crippen molar-refractivity contribution in [1.29, 1.82) is 0 Å². The molecule has 1 heterocycles. The van der Waals surface area contributed by atoms with Crippen molar-refractivity contribution in [2.75, 3.05) is 0 Å². The predicted octanol–water partition coefficient (Wildman–Crippen LogP) is 2.03. The largest absolute Gasteiger partial charge is 0.478 e. The second kappa shape index (κ2) is 6.41. The van der Waals surface area contributed by atoms with Gasteiger partial charge in [-0.05, 0) is 18.9 Å². The van der Waals surface area contributed by atoms with E-state index in [1.165, 1.54) is 37.9 Å². The lowest BCUT2D eigenvalue weighted by molar-refractivity contribution is -0.122. The molecule has 0 aromatic carbocycles. The highest BCUT2D eigenvalue weighted by atomic mass is 16.4. The molecule has 0 bridgehead atoms. The number of aromatic nitrogens is 1. The van der Waals surface area contributed by atoms with Gasteiger partial charge >= 0.3 is 5.97 Å². The van der Waals surface area contributed by atoms with Crippen molar-refractivity contribution in [3.05, 3.63) is 24.0 Å². The molecule has 2 rings (SSSR count). The minimum atomic E-state index is -0.970. The van der Waals surface area contributed by atoms with Gasteiger partial charge in [0.25, 0.3) is 0 Å². The summed E-state index contributed by atoms with van der Waals surface area (Å²) < 4.78 is 1.61. The quantitative estimate of drug-likeness (QED) is 0.817. The Bertz CT molecular complexity index is 445. The van der Waals surface area contributed by atoms with Gasteiger partial charge in [0.2, 0.25) is 5.91 Å². The molecular weight excluding hydrogens is 244 g/mol. The van der Waals surface area contributed by atoms with Gasteiger partial charge in [-0.1, -0.05) is 25.7 Å². The van der Waals surface area contributed by atoms with Crippen LogP contribution in [0.2, 0.25) is 0 Å². The van der Waals surface area contributed by atoms with Gasteiger partial charge in [0.15, 0.2) is 0 Å². The summed E-state index contributed by atoms with van der Waals surface area (Å²) in [5, 5.41) is 11.8. The maximum atomic E-state index is 11.9. The van der Waals surface area contributed by atoms with Crippen LogP contribution >= 0.6 is 0 Å². The second-order valence-electron chi connectivity index (χ2n) is 5.13. The Kier molecular flexibility index (Phi) is 4.60. The first-order valence-electron chi connectivity index (χ1n) is 6.83. The Morgan fingerprint density at radius 1 is 1.26 bits per heavy atom. The number of nitrogens with one attached hydrogen (secondary N) is 1. The molecule has 0 spiro atoms. The molecule has 104 valence electrons. The summed E-state index contributed by atoms with van der Waals surface area (Å²) in [5.41, 5.74) is 0.210. The third-order valence-electron chi connectivity index (χ3n) is 3.54. The molecule has 5 nitrogen and oxygen atoms in total. The smallest absolute Gasteiger partial charge is 0.337 e. The molecule has 0 radical (unpaired) electrons. The van der Waals surface area contributed by atoms with Crippen LogP contribution in [0.15, 0.2) is 18.5 Å². The zero-order chi connectivity index (χ0) is 13.7. The molecule has 19 heavy (non-hydrogen) atoms. The highest BCUT2D eigenvalue weighted by Crippen LogP contribution is 2.17. The molecule has 1 aromatic rings. The lowest BCUT2D eigenvalue weighted by atomic mass is 10.1. The van der Waals surface area contributed by atoms with Crippen molar-refractivity contribution in [3.8, 4) is 0 Å².